The molecule has 13 heteroatoms. The van der Waals surface area contributed by atoms with Crippen LogP contribution in [0.1, 0.15) is 21.6 Å². The highest BCUT2D eigenvalue weighted by atomic mass is 16.6. The number of nitrogen functional groups attached to an aromatic ring is 1. The van der Waals surface area contributed by atoms with Gasteiger partial charge in [-0.15, -0.1) is 5.10 Å². The molecule has 0 bridgehead atoms. The number of hydrogen-bond acceptors (Lipinski definition) is 11. The number of benzene rings is 2. The third kappa shape index (κ3) is 4.59. The van der Waals surface area contributed by atoms with Crippen LogP contribution in [0.25, 0.3) is 17.1 Å². The highest BCUT2D eigenvalue weighted by molar-refractivity contribution is 5.99. The van der Waals surface area contributed by atoms with Crippen molar-refractivity contribution in [3.8, 4) is 34.3 Å². The molecule has 0 aliphatic rings. The fourth-order valence-electron chi connectivity index (χ4n) is 3.29. The highest BCUT2D eigenvalue weighted by Crippen LogP contribution is 2.37. The van der Waals surface area contributed by atoms with E-state index in [9.17, 15) is 4.79 Å². The molecule has 0 saturated heterocycles. The number of hydrogen-bond donors (Lipinski definition) is 2. The lowest BCUT2D eigenvalue weighted by Gasteiger charge is -2.12. The molecule has 0 aliphatic carbocycles. The van der Waals surface area contributed by atoms with Gasteiger partial charge in [0.15, 0.2) is 17.2 Å². The van der Waals surface area contributed by atoms with Crippen molar-refractivity contribution < 1.29 is 23.6 Å². The molecule has 2 aromatic carbocycles. The summed E-state index contributed by atoms with van der Waals surface area (Å²) in [6, 6.07) is 10.8. The topological polar surface area (TPSA) is 165 Å². The maximum absolute atomic E-state index is 13.0. The molecule has 13 nitrogen and oxygen atoms in total. The summed E-state index contributed by atoms with van der Waals surface area (Å²) in [6.07, 6.45) is 1.43. The van der Waals surface area contributed by atoms with Gasteiger partial charge in [0.25, 0.3) is 5.91 Å². The van der Waals surface area contributed by atoms with E-state index in [-0.39, 0.29) is 17.3 Å². The van der Waals surface area contributed by atoms with Gasteiger partial charge in [0.2, 0.25) is 17.4 Å². The fourth-order valence-corrected chi connectivity index (χ4v) is 3.29. The molecule has 2 heterocycles. The molecule has 0 saturated carbocycles. The Morgan fingerprint density at radius 1 is 1.09 bits per heavy atom. The zero-order valence-electron chi connectivity index (χ0n) is 19.3. The number of anilines is 1. The van der Waals surface area contributed by atoms with Crippen LogP contribution in [0, 0.1) is 6.92 Å². The average Bonchev–Trinajstić information content (AvgIpc) is 3.49. The molecule has 4 aromatic rings. The van der Waals surface area contributed by atoms with Crippen molar-refractivity contribution in [3.05, 3.63) is 53.2 Å². The Kier molecular flexibility index (Phi) is 6.57. The van der Waals surface area contributed by atoms with Crippen LogP contribution >= 0.6 is 0 Å². The Bertz CT molecular complexity index is 1350. The van der Waals surface area contributed by atoms with Gasteiger partial charge in [-0.05, 0) is 29.4 Å². The molecule has 4 rings (SSSR count). The summed E-state index contributed by atoms with van der Waals surface area (Å²) in [4.78, 5) is 13.0. The molecule has 0 unspecified atom stereocenters. The van der Waals surface area contributed by atoms with Gasteiger partial charge < -0.3 is 19.9 Å². The van der Waals surface area contributed by atoms with E-state index >= 15 is 0 Å². The SMILES string of the molecule is COc1cc(/C=N/NC(=O)c2nnn(-c3nonc3N)c2-c2ccc(C)cc2)cc(OC)c1OC. The maximum atomic E-state index is 13.0. The van der Waals surface area contributed by atoms with E-state index in [1.165, 1.54) is 32.2 Å². The molecule has 0 fully saturated rings. The highest BCUT2D eigenvalue weighted by Gasteiger charge is 2.25. The van der Waals surface area contributed by atoms with Crippen LogP contribution < -0.4 is 25.4 Å². The van der Waals surface area contributed by atoms with Gasteiger partial charge in [-0.2, -0.15) is 9.78 Å². The van der Waals surface area contributed by atoms with Crippen molar-refractivity contribution in [2.75, 3.05) is 27.1 Å². The lowest BCUT2D eigenvalue weighted by molar-refractivity contribution is 0.0950. The molecular formula is C22H22N8O5. The quantitative estimate of drug-likeness (QED) is 0.282. The summed E-state index contributed by atoms with van der Waals surface area (Å²) in [5.74, 6) is 0.831. The second-order valence-corrected chi connectivity index (χ2v) is 7.20. The number of carbonyl (C=O) groups excluding carboxylic acids is 1. The largest absolute Gasteiger partial charge is 0.493 e. The standard InChI is InChI=1S/C22H22N8O5/c1-12-5-7-14(8-6-12)18-17(25-29-30(18)21-20(23)27-35-28-21)22(31)26-24-11-13-9-15(32-2)19(34-4)16(10-13)33-3/h5-11H,1-4H3,(H2,23,27)(H,26,31)/b24-11+. The molecule has 180 valence electrons. The first-order valence-electron chi connectivity index (χ1n) is 10.2. The van der Waals surface area contributed by atoms with Crippen LogP contribution in [-0.2, 0) is 0 Å². The predicted molar refractivity (Wildman–Crippen MR) is 125 cm³/mol. The van der Waals surface area contributed by atoms with Crippen LogP contribution in [-0.4, -0.2) is 58.8 Å². The lowest BCUT2D eigenvalue weighted by Crippen LogP contribution is -2.19. The van der Waals surface area contributed by atoms with E-state index in [0.29, 0.717) is 34.1 Å². The smallest absolute Gasteiger partial charge is 0.294 e. The van der Waals surface area contributed by atoms with E-state index in [2.05, 4.69) is 35.8 Å². The first-order chi connectivity index (χ1) is 17.0. The molecule has 3 N–H and O–H groups in total. The van der Waals surface area contributed by atoms with Gasteiger partial charge in [0.1, 0.15) is 5.69 Å². The summed E-state index contributed by atoms with van der Waals surface area (Å²) >= 11 is 0. The number of nitrogens with one attached hydrogen (secondary N) is 1. The third-order valence-electron chi connectivity index (χ3n) is 4.97. The number of rotatable bonds is 8. The Morgan fingerprint density at radius 3 is 2.34 bits per heavy atom. The van der Waals surface area contributed by atoms with Crippen LogP contribution in [0.5, 0.6) is 17.2 Å². The minimum absolute atomic E-state index is 0.00158. The Hall–Kier alpha value is -4.94. The van der Waals surface area contributed by atoms with Gasteiger partial charge in [0.05, 0.1) is 27.5 Å². The summed E-state index contributed by atoms with van der Waals surface area (Å²) in [6.45, 7) is 1.95. The van der Waals surface area contributed by atoms with Gasteiger partial charge >= 0.3 is 0 Å². The molecular weight excluding hydrogens is 456 g/mol. The minimum Gasteiger partial charge on any atom is -0.493 e. The van der Waals surface area contributed by atoms with E-state index in [4.69, 9.17) is 19.9 Å². The predicted octanol–water partition coefficient (Wildman–Crippen LogP) is 2.00. The maximum Gasteiger partial charge on any atom is 0.294 e. The number of ether oxygens (including phenoxy) is 3. The summed E-state index contributed by atoms with van der Waals surface area (Å²) in [7, 11) is 4.52. The lowest BCUT2D eigenvalue weighted by atomic mass is 10.1. The first kappa shape index (κ1) is 23.2. The minimum atomic E-state index is -0.606. The second kappa shape index (κ2) is 9.91. The number of aryl methyl sites for hydroxylation is 1. The molecule has 2 aromatic heterocycles. The second-order valence-electron chi connectivity index (χ2n) is 7.20. The van der Waals surface area contributed by atoms with Crippen LogP contribution in [0.2, 0.25) is 0 Å². The summed E-state index contributed by atoms with van der Waals surface area (Å²) in [5.41, 5.74) is 10.9. The zero-order chi connectivity index (χ0) is 24.9. The van der Waals surface area contributed by atoms with E-state index < -0.39 is 5.91 Å². The van der Waals surface area contributed by atoms with E-state index in [1.54, 1.807) is 12.1 Å². The fraction of sp³-hybridized carbons (Fsp3) is 0.182. The van der Waals surface area contributed by atoms with Crippen molar-refractivity contribution in [2.24, 2.45) is 5.10 Å². The number of methoxy groups -OCH3 is 3. The van der Waals surface area contributed by atoms with Crippen molar-refractivity contribution in [2.45, 2.75) is 6.92 Å². The normalized spacial score (nSPS) is 11.0. The first-order valence-corrected chi connectivity index (χ1v) is 10.2. The number of amides is 1. The van der Waals surface area contributed by atoms with Gasteiger partial charge in [0, 0.05) is 11.1 Å². The van der Waals surface area contributed by atoms with Gasteiger partial charge in [-0.3, -0.25) is 4.79 Å². The molecule has 0 aliphatic heterocycles. The van der Waals surface area contributed by atoms with Crippen molar-refractivity contribution in [1.29, 1.82) is 0 Å². The third-order valence-corrected chi connectivity index (χ3v) is 4.97. The van der Waals surface area contributed by atoms with Crippen molar-refractivity contribution in [3.63, 3.8) is 0 Å². The summed E-state index contributed by atoms with van der Waals surface area (Å²) < 4.78 is 21.9. The monoisotopic (exact) mass is 478 g/mol. The van der Waals surface area contributed by atoms with Crippen molar-refractivity contribution in [1.82, 2.24) is 30.7 Å². The number of carbonyl (C=O) groups is 1. The van der Waals surface area contributed by atoms with Gasteiger partial charge in [-0.1, -0.05) is 35.0 Å². The molecule has 0 atom stereocenters. The molecule has 35 heavy (non-hydrogen) atoms. The molecule has 0 radical (unpaired) electrons. The zero-order valence-corrected chi connectivity index (χ0v) is 19.3. The Labute approximate surface area is 199 Å². The van der Waals surface area contributed by atoms with Crippen LogP contribution in [0.4, 0.5) is 5.82 Å². The number of nitrogens with two attached hydrogens (primary N) is 1. The van der Waals surface area contributed by atoms with E-state index in [0.717, 1.165) is 5.56 Å². The van der Waals surface area contributed by atoms with Gasteiger partial charge in [-0.25, -0.2) is 10.1 Å². The Morgan fingerprint density at radius 2 is 1.77 bits per heavy atom. The van der Waals surface area contributed by atoms with E-state index in [1.807, 2.05) is 31.2 Å². The number of aromatic nitrogens is 5. The van der Waals surface area contributed by atoms with Crippen LogP contribution in [0.3, 0.4) is 0 Å². The van der Waals surface area contributed by atoms with Crippen molar-refractivity contribution >= 4 is 17.9 Å². The number of nitrogens with zero attached hydrogens (tertiary/aromatic N) is 6. The summed E-state index contributed by atoms with van der Waals surface area (Å²) in [5, 5.41) is 19.4. The average molecular weight is 478 g/mol. The number of hydrazone groups is 1. The molecule has 0 spiro atoms. The molecule has 1 amide bonds. The van der Waals surface area contributed by atoms with Crippen LogP contribution in [0.15, 0.2) is 46.1 Å². The Balaban J connectivity index is 1.65.